The lowest BCUT2D eigenvalue weighted by Gasteiger charge is -2.26. The predicted octanol–water partition coefficient (Wildman–Crippen LogP) is 3.09. The van der Waals surface area contributed by atoms with Crippen LogP contribution >= 0.6 is 0 Å². The SMILES string of the molecule is CCNC(=NCc1ccn(-c2ccccc2)n1)N(C)CCC1CCOCC1. The molecule has 1 aliphatic rings. The van der Waals surface area contributed by atoms with E-state index in [9.17, 15) is 0 Å². The zero-order valence-electron chi connectivity index (χ0n) is 16.5. The van der Waals surface area contributed by atoms with Crippen LogP contribution in [0.2, 0.25) is 0 Å². The van der Waals surface area contributed by atoms with Crippen molar-refractivity contribution >= 4 is 5.96 Å². The van der Waals surface area contributed by atoms with Crippen molar-refractivity contribution < 1.29 is 4.74 Å². The molecule has 1 aromatic heterocycles. The van der Waals surface area contributed by atoms with Crippen LogP contribution in [0.15, 0.2) is 47.6 Å². The number of nitrogens with zero attached hydrogens (tertiary/aromatic N) is 4. The third-order valence-electron chi connectivity index (χ3n) is 4.97. The molecule has 0 spiro atoms. The molecular weight excluding hydrogens is 338 g/mol. The molecule has 2 heterocycles. The summed E-state index contributed by atoms with van der Waals surface area (Å²) in [4.78, 5) is 7.01. The van der Waals surface area contributed by atoms with Crippen LogP contribution in [-0.4, -0.2) is 54.0 Å². The maximum absolute atomic E-state index is 5.46. The van der Waals surface area contributed by atoms with Gasteiger partial charge in [0, 0.05) is 39.5 Å². The van der Waals surface area contributed by atoms with E-state index in [1.54, 1.807) is 0 Å². The molecule has 6 nitrogen and oxygen atoms in total. The van der Waals surface area contributed by atoms with Gasteiger partial charge in [0.15, 0.2) is 5.96 Å². The molecular formula is C21H31N5O. The first-order valence-electron chi connectivity index (χ1n) is 9.93. The van der Waals surface area contributed by atoms with Gasteiger partial charge in [0.1, 0.15) is 0 Å². The number of aliphatic imine (C=N–C) groups is 1. The molecule has 146 valence electrons. The van der Waals surface area contributed by atoms with Crippen molar-refractivity contribution in [2.24, 2.45) is 10.9 Å². The average molecular weight is 370 g/mol. The van der Waals surface area contributed by atoms with Gasteiger partial charge in [-0.05, 0) is 50.3 Å². The highest BCUT2D eigenvalue weighted by Gasteiger charge is 2.15. The molecule has 1 saturated heterocycles. The van der Waals surface area contributed by atoms with Gasteiger partial charge in [-0.1, -0.05) is 18.2 Å². The zero-order chi connectivity index (χ0) is 18.9. The molecule has 3 rings (SSSR count). The second-order valence-corrected chi connectivity index (χ2v) is 7.02. The fourth-order valence-electron chi connectivity index (χ4n) is 3.31. The lowest BCUT2D eigenvalue weighted by Crippen LogP contribution is -2.40. The lowest BCUT2D eigenvalue weighted by atomic mass is 9.96. The van der Waals surface area contributed by atoms with Gasteiger partial charge in [-0.15, -0.1) is 0 Å². The Morgan fingerprint density at radius 1 is 1.26 bits per heavy atom. The number of hydrogen-bond acceptors (Lipinski definition) is 3. The van der Waals surface area contributed by atoms with Crippen LogP contribution in [0.1, 0.15) is 31.9 Å². The Morgan fingerprint density at radius 3 is 2.78 bits per heavy atom. The summed E-state index contributed by atoms with van der Waals surface area (Å²) in [7, 11) is 2.11. The highest BCUT2D eigenvalue weighted by atomic mass is 16.5. The molecule has 0 bridgehead atoms. The Labute approximate surface area is 162 Å². The fraction of sp³-hybridized carbons (Fsp3) is 0.524. The first kappa shape index (κ1) is 19.4. The van der Waals surface area contributed by atoms with Gasteiger partial charge in [0.2, 0.25) is 0 Å². The summed E-state index contributed by atoms with van der Waals surface area (Å²) in [5.41, 5.74) is 2.03. The molecule has 27 heavy (non-hydrogen) atoms. The minimum atomic E-state index is 0.573. The summed E-state index contributed by atoms with van der Waals surface area (Å²) in [5, 5.41) is 8.04. The number of guanidine groups is 1. The van der Waals surface area contributed by atoms with Gasteiger partial charge in [0.25, 0.3) is 0 Å². The monoisotopic (exact) mass is 369 g/mol. The van der Waals surface area contributed by atoms with Crippen molar-refractivity contribution in [2.75, 3.05) is 33.4 Å². The molecule has 6 heteroatoms. The van der Waals surface area contributed by atoms with Gasteiger partial charge in [-0.25, -0.2) is 9.67 Å². The second-order valence-electron chi connectivity index (χ2n) is 7.02. The van der Waals surface area contributed by atoms with Crippen molar-refractivity contribution in [3.63, 3.8) is 0 Å². The molecule has 1 N–H and O–H groups in total. The molecule has 0 unspecified atom stereocenters. The van der Waals surface area contributed by atoms with Crippen molar-refractivity contribution in [3.8, 4) is 5.69 Å². The Balaban J connectivity index is 1.57. The van der Waals surface area contributed by atoms with Gasteiger partial charge in [-0.3, -0.25) is 0 Å². The largest absolute Gasteiger partial charge is 0.381 e. The van der Waals surface area contributed by atoms with Gasteiger partial charge in [0.05, 0.1) is 17.9 Å². The molecule has 1 aromatic carbocycles. The third kappa shape index (κ3) is 5.82. The van der Waals surface area contributed by atoms with Crippen LogP contribution in [-0.2, 0) is 11.3 Å². The maximum Gasteiger partial charge on any atom is 0.194 e. The molecule has 0 atom stereocenters. The predicted molar refractivity (Wildman–Crippen MR) is 109 cm³/mol. The molecule has 2 aromatic rings. The van der Waals surface area contributed by atoms with E-state index in [4.69, 9.17) is 9.73 Å². The standard InChI is InChI=1S/C21H31N5O/c1-3-22-21(25(2)13-9-18-11-15-27-16-12-18)23-17-19-10-14-26(24-19)20-7-5-4-6-8-20/h4-8,10,14,18H,3,9,11-13,15-17H2,1-2H3,(H,22,23). The quantitative estimate of drug-likeness (QED) is 0.602. The minimum Gasteiger partial charge on any atom is -0.381 e. The topological polar surface area (TPSA) is 54.7 Å². The summed E-state index contributed by atoms with van der Waals surface area (Å²) in [6.45, 7) is 6.36. The highest BCUT2D eigenvalue weighted by molar-refractivity contribution is 5.79. The number of benzene rings is 1. The Hall–Kier alpha value is -2.34. The molecule has 0 radical (unpaired) electrons. The average Bonchev–Trinajstić information content (AvgIpc) is 3.20. The van der Waals surface area contributed by atoms with Crippen LogP contribution in [0.4, 0.5) is 0 Å². The summed E-state index contributed by atoms with van der Waals surface area (Å²) < 4.78 is 7.35. The summed E-state index contributed by atoms with van der Waals surface area (Å²) in [5.74, 6) is 1.71. The maximum atomic E-state index is 5.46. The number of para-hydroxylation sites is 1. The van der Waals surface area contributed by atoms with E-state index < -0.39 is 0 Å². The molecule has 0 amide bonds. The number of nitrogens with one attached hydrogen (secondary N) is 1. The van der Waals surface area contributed by atoms with Crippen LogP contribution in [0.3, 0.4) is 0 Å². The number of rotatable bonds is 7. The van der Waals surface area contributed by atoms with Crippen LogP contribution in [0, 0.1) is 5.92 Å². The second kappa shape index (κ2) is 10.1. The highest BCUT2D eigenvalue weighted by Crippen LogP contribution is 2.18. The van der Waals surface area contributed by atoms with Crippen LogP contribution < -0.4 is 5.32 Å². The Kier molecular flexibility index (Phi) is 7.27. The Bertz CT molecular complexity index is 706. The first-order chi connectivity index (χ1) is 13.3. The van der Waals surface area contributed by atoms with Crippen molar-refractivity contribution in [2.45, 2.75) is 32.7 Å². The molecule has 0 saturated carbocycles. The van der Waals surface area contributed by atoms with E-state index in [1.165, 1.54) is 19.3 Å². The number of hydrogen-bond donors (Lipinski definition) is 1. The first-order valence-corrected chi connectivity index (χ1v) is 9.93. The fourth-order valence-corrected chi connectivity index (χ4v) is 3.31. The van der Waals surface area contributed by atoms with E-state index in [-0.39, 0.29) is 0 Å². The lowest BCUT2D eigenvalue weighted by molar-refractivity contribution is 0.0625. The van der Waals surface area contributed by atoms with E-state index in [0.29, 0.717) is 6.54 Å². The Morgan fingerprint density at radius 2 is 2.04 bits per heavy atom. The van der Waals surface area contributed by atoms with Crippen molar-refractivity contribution in [1.29, 1.82) is 0 Å². The number of aromatic nitrogens is 2. The molecule has 0 aliphatic carbocycles. The van der Waals surface area contributed by atoms with Gasteiger partial charge < -0.3 is 15.0 Å². The third-order valence-corrected chi connectivity index (χ3v) is 4.97. The minimum absolute atomic E-state index is 0.573. The summed E-state index contributed by atoms with van der Waals surface area (Å²) >= 11 is 0. The van der Waals surface area contributed by atoms with E-state index in [0.717, 1.165) is 49.6 Å². The van der Waals surface area contributed by atoms with Crippen LogP contribution in [0.25, 0.3) is 5.69 Å². The van der Waals surface area contributed by atoms with E-state index in [1.807, 2.05) is 47.3 Å². The molecule has 1 aliphatic heterocycles. The summed E-state index contributed by atoms with van der Waals surface area (Å²) in [6, 6.07) is 12.2. The van der Waals surface area contributed by atoms with Gasteiger partial charge in [-0.2, -0.15) is 5.10 Å². The number of ether oxygens (including phenoxy) is 1. The molecule has 1 fully saturated rings. The van der Waals surface area contributed by atoms with Crippen molar-refractivity contribution in [3.05, 3.63) is 48.3 Å². The van der Waals surface area contributed by atoms with Gasteiger partial charge >= 0.3 is 0 Å². The normalized spacial score (nSPS) is 15.7. The van der Waals surface area contributed by atoms with Crippen molar-refractivity contribution in [1.82, 2.24) is 20.0 Å². The zero-order valence-corrected chi connectivity index (χ0v) is 16.5. The van der Waals surface area contributed by atoms with Crippen LogP contribution in [0.5, 0.6) is 0 Å². The summed E-state index contributed by atoms with van der Waals surface area (Å²) in [6.07, 6.45) is 5.53. The van der Waals surface area contributed by atoms with E-state index >= 15 is 0 Å². The van der Waals surface area contributed by atoms with E-state index in [2.05, 4.69) is 29.3 Å². The smallest absolute Gasteiger partial charge is 0.194 e.